The molecule has 120 valence electrons. The summed E-state index contributed by atoms with van der Waals surface area (Å²) in [6.45, 7) is 0.0805. The molecule has 0 aliphatic carbocycles. The molecule has 2 atom stereocenters. The SMILES string of the molecule is COOCC1(CSC(=O)CCC(=O)O)N[C@H](C(=O)O)CS1. The maximum absolute atomic E-state index is 11.6. The number of hydrogen-bond acceptors (Lipinski definition) is 8. The van der Waals surface area contributed by atoms with Crippen LogP contribution < -0.4 is 5.32 Å². The lowest BCUT2D eigenvalue weighted by atomic mass is 10.3. The maximum Gasteiger partial charge on any atom is 0.321 e. The number of aliphatic carboxylic acids is 2. The second kappa shape index (κ2) is 8.59. The van der Waals surface area contributed by atoms with E-state index in [1.807, 2.05) is 0 Å². The van der Waals surface area contributed by atoms with Crippen molar-refractivity contribution in [1.82, 2.24) is 5.32 Å². The summed E-state index contributed by atoms with van der Waals surface area (Å²) >= 11 is 2.31. The third kappa shape index (κ3) is 6.22. The molecule has 1 heterocycles. The van der Waals surface area contributed by atoms with Gasteiger partial charge in [-0.15, -0.1) is 11.8 Å². The van der Waals surface area contributed by atoms with Crippen molar-refractivity contribution in [3.05, 3.63) is 0 Å². The molecule has 0 aromatic carbocycles. The summed E-state index contributed by atoms with van der Waals surface area (Å²) in [5.74, 6) is -1.38. The number of carboxylic acids is 2. The van der Waals surface area contributed by atoms with Crippen LogP contribution in [0.5, 0.6) is 0 Å². The molecular weight excluding hydrogens is 322 g/mol. The molecule has 21 heavy (non-hydrogen) atoms. The standard InChI is InChI=1S/C11H17NO7S2/c1-18-19-5-11(12-7(4-21-11)10(16)17)6-20-9(15)3-2-8(13)14/h7,12H,2-6H2,1H3,(H,13,14)(H,16,17)/t7-,11?/m0/s1. The molecule has 0 spiro atoms. The summed E-state index contributed by atoms with van der Waals surface area (Å²) in [4.78, 5) is 41.7. The van der Waals surface area contributed by atoms with Crippen LogP contribution in [0.2, 0.25) is 0 Å². The predicted molar refractivity (Wildman–Crippen MR) is 77.0 cm³/mol. The summed E-state index contributed by atoms with van der Waals surface area (Å²) in [5.41, 5.74) is 0. The molecule has 1 unspecified atom stereocenters. The summed E-state index contributed by atoms with van der Waals surface area (Å²) in [6, 6.07) is -0.717. The Hall–Kier alpha value is -0.810. The van der Waals surface area contributed by atoms with Crippen molar-refractivity contribution in [3.63, 3.8) is 0 Å². The fourth-order valence-corrected chi connectivity index (χ4v) is 4.00. The van der Waals surface area contributed by atoms with Gasteiger partial charge in [-0.3, -0.25) is 19.7 Å². The number of hydrogen-bond donors (Lipinski definition) is 3. The summed E-state index contributed by atoms with van der Waals surface area (Å²) < 4.78 is 0. The van der Waals surface area contributed by atoms with Crippen molar-refractivity contribution in [2.75, 3.05) is 25.2 Å². The molecule has 1 aliphatic rings. The smallest absolute Gasteiger partial charge is 0.321 e. The minimum atomic E-state index is -1.03. The molecule has 0 bridgehead atoms. The topological polar surface area (TPSA) is 122 Å². The highest BCUT2D eigenvalue weighted by Gasteiger charge is 2.43. The fourth-order valence-electron chi connectivity index (χ4n) is 1.62. The van der Waals surface area contributed by atoms with E-state index < -0.39 is 22.9 Å². The monoisotopic (exact) mass is 339 g/mol. The van der Waals surface area contributed by atoms with Crippen LogP contribution in [-0.4, -0.2) is 63.4 Å². The van der Waals surface area contributed by atoms with Crippen LogP contribution >= 0.6 is 23.5 Å². The van der Waals surface area contributed by atoms with Gasteiger partial charge in [0.2, 0.25) is 0 Å². The molecule has 1 aliphatic heterocycles. The maximum atomic E-state index is 11.6. The number of thioether (sulfide) groups is 2. The van der Waals surface area contributed by atoms with Gasteiger partial charge in [0.05, 0.1) is 13.5 Å². The Bertz CT molecular complexity index is 406. The zero-order chi connectivity index (χ0) is 15.9. The first-order valence-corrected chi connectivity index (χ1v) is 8.03. The molecule has 0 radical (unpaired) electrons. The Balaban J connectivity index is 2.53. The van der Waals surface area contributed by atoms with E-state index in [4.69, 9.17) is 15.1 Å². The normalized spacial score (nSPS) is 24.9. The Labute approximate surface area is 129 Å². The molecule has 0 saturated carbocycles. The number of rotatable bonds is 9. The summed E-state index contributed by atoms with van der Waals surface area (Å²) in [7, 11) is 1.34. The highest BCUT2D eigenvalue weighted by atomic mass is 32.2. The van der Waals surface area contributed by atoms with E-state index in [9.17, 15) is 14.4 Å². The van der Waals surface area contributed by atoms with Crippen molar-refractivity contribution in [1.29, 1.82) is 0 Å². The molecule has 1 rings (SSSR count). The number of carbonyl (C=O) groups excluding carboxylic acids is 1. The average molecular weight is 339 g/mol. The van der Waals surface area contributed by atoms with Crippen LogP contribution in [0.1, 0.15) is 12.8 Å². The van der Waals surface area contributed by atoms with Gasteiger partial charge in [-0.05, 0) is 0 Å². The first-order chi connectivity index (χ1) is 9.88. The molecule has 10 heteroatoms. The van der Waals surface area contributed by atoms with Crippen LogP contribution in [-0.2, 0) is 24.2 Å². The van der Waals surface area contributed by atoms with Gasteiger partial charge in [-0.1, -0.05) is 11.8 Å². The van der Waals surface area contributed by atoms with E-state index in [1.165, 1.54) is 18.9 Å². The van der Waals surface area contributed by atoms with E-state index in [1.54, 1.807) is 0 Å². The highest BCUT2D eigenvalue weighted by molar-refractivity contribution is 8.14. The largest absolute Gasteiger partial charge is 0.481 e. The third-order valence-electron chi connectivity index (χ3n) is 2.68. The third-order valence-corrected chi connectivity index (χ3v) is 5.46. The van der Waals surface area contributed by atoms with Gasteiger partial charge in [-0.25, -0.2) is 9.78 Å². The Morgan fingerprint density at radius 3 is 2.62 bits per heavy atom. The van der Waals surface area contributed by atoms with Crippen molar-refractivity contribution in [3.8, 4) is 0 Å². The van der Waals surface area contributed by atoms with E-state index in [0.29, 0.717) is 5.75 Å². The first kappa shape index (κ1) is 18.2. The van der Waals surface area contributed by atoms with Gasteiger partial charge in [-0.2, -0.15) is 0 Å². The van der Waals surface area contributed by atoms with E-state index in [2.05, 4.69) is 10.2 Å². The van der Waals surface area contributed by atoms with Crippen molar-refractivity contribution in [2.24, 2.45) is 0 Å². The van der Waals surface area contributed by atoms with Crippen LogP contribution in [0.4, 0.5) is 0 Å². The van der Waals surface area contributed by atoms with Gasteiger partial charge in [0.15, 0.2) is 5.12 Å². The van der Waals surface area contributed by atoms with Crippen LogP contribution in [0, 0.1) is 0 Å². The van der Waals surface area contributed by atoms with Crippen LogP contribution in [0.15, 0.2) is 0 Å². The Morgan fingerprint density at radius 2 is 2.10 bits per heavy atom. The first-order valence-electron chi connectivity index (χ1n) is 6.06. The van der Waals surface area contributed by atoms with E-state index in [0.717, 1.165) is 11.8 Å². The molecule has 1 saturated heterocycles. The number of nitrogens with one attached hydrogen (secondary N) is 1. The number of carboxylic acid groups (broad SMARTS) is 2. The molecule has 0 aromatic heterocycles. The molecular formula is C11H17NO7S2. The van der Waals surface area contributed by atoms with Crippen molar-refractivity contribution in [2.45, 2.75) is 23.8 Å². The molecule has 0 amide bonds. The fraction of sp³-hybridized carbons (Fsp3) is 0.727. The highest BCUT2D eigenvalue weighted by Crippen LogP contribution is 2.34. The number of carbonyl (C=O) groups is 3. The minimum Gasteiger partial charge on any atom is -0.481 e. The van der Waals surface area contributed by atoms with Gasteiger partial charge in [0.1, 0.15) is 17.5 Å². The molecule has 8 nitrogen and oxygen atoms in total. The Kier molecular flexibility index (Phi) is 7.46. The van der Waals surface area contributed by atoms with Crippen molar-refractivity contribution >= 4 is 40.6 Å². The lowest BCUT2D eigenvalue weighted by Crippen LogP contribution is -2.50. The Morgan fingerprint density at radius 1 is 1.38 bits per heavy atom. The lowest BCUT2D eigenvalue weighted by molar-refractivity contribution is -0.277. The van der Waals surface area contributed by atoms with Crippen molar-refractivity contribution < 1.29 is 34.4 Å². The minimum absolute atomic E-state index is 0.0613. The van der Waals surface area contributed by atoms with Gasteiger partial charge >= 0.3 is 11.9 Å². The lowest BCUT2D eigenvalue weighted by Gasteiger charge is -2.27. The zero-order valence-corrected chi connectivity index (χ0v) is 13.0. The zero-order valence-electron chi connectivity index (χ0n) is 11.4. The molecule has 0 aromatic rings. The van der Waals surface area contributed by atoms with E-state index >= 15 is 0 Å². The second-order valence-electron chi connectivity index (χ2n) is 4.32. The summed E-state index contributed by atoms with van der Waals surface area (Å²) in [6.07, 6.45) is -0.278. The van der Waals surface area contributed by atoms with Gasteiger partial charge in [0, 0.05) is 17.9 Å². The van der Waals surface area contributed by atoms with Gasteiger partial charge in [0.25, 0.3) is 0 Å². The van der Waals surface area contributed by atoms with E-state index in [-0.39, 0.29) is 30.3 Å². The molecule has 3 N–H and O–H groups in total. The van der Waals surface area contributed by atoms with Crippen LogP contribution in [0.3, 0.4) is 0 Å². The average Bonchev–Trinajstić information content (AvgIpc) is 2.86. The quantitative estimate of drug-likeness (QED) is 0.396. The second-order valence-corrected chi connectivity index (χ2v) is 6.76. The molecule has 1 fully saturated rings. The predicted octanol–water partition coefficient (Wildman–Crippen LogP) is 0.175. The van der Waals surface area contributed by atoms with Crippen LogP contribution in [0.25, 0.3) is 0 Å². The summed E-state index contributed by atoms with van der Waals surface area (Å²) in [5, 5.41) is 20.2. The van der Waals surface area contributed by atoms with Gasteiger partial charge < -0.3 is 10.2 Å².